The fourth-order valence-corrected chi connectivity index (χ4v) is 1.84. The molecule has 2 aromatic carbocycles. The lowest BCUT2D eigenvalue weighted by molar-refractivity contribution is -0.268. The van der Waals surface area contributed by atoms with Crippen molar-refractivity contribution in [3.8, 4) is 0 Å². The van der Waals surface area contributed by atoms with Gasteiger partial charge in [0.1, 0.15) is 6.10 Å². The van der Waals surface area contributed by atoms with Crippen LogP contribution in [0.1, 0.15) is 56.1 Å². The zero-order valence-corrected chi connectivity index (χ0v) is 15.2. The fraction of sp³-hybridized carbons (Fsp3) is 0.333. The molecular weight excluding hydrogens is 284 g/mol. The highest BCUT2D eigenvalue weighted by atomic mass is 17.1. The first kappa shape index (κ1) is 21.1. The summed E-state index contributed by atoms with van der Waals surface area (Å²) in [7, 11) is 0. The lowest BCUT2D eigenvalue weighted by Gasteiger charge is -2.09. The van der Waals surface area contributed by atoms with Crippen molar-refractivity contribution in [3.63, 3.8) is 0 Å². The maximum Gasteiger partial charge on any atom is 0.136 e. The van der Waals surface area contributed by atoms with E-state index in [1.54, 1.807) is 0 Å². The van der Waals surface area contributed by atoms with E-state index in [2.05, 4.69) is 23.9 Å². The van der Waals surface area contributed by atoms with Gasteiger partial charge in [0, 0.05) is 0 Å². The number of rotatable bonds is 4. The van der Waals surface area contributed by atoms with Gasteiger partial charge in [0.25, 0.3) is 0 Å². The van der Waals surface area contributed by atoms with Gasteiger partial charge in [-0.2, -0.15) is 0 Å². The molecule has 2 heteroatoms. The molecule has 0 aliphatic carbocycles. The Morgan fingerprint density at radius 3 is 1.65 bits per heavy atom. The summed E-state index contributed by atoms with van der Waals surface area (Å²) in [4.78, 5) is 4.53. The lowest BCUT2D eigenvalue weighted by Crippen LogP contribution is -1.97. The molecule has 1 unspecified atom stereocenters. The predicted molar refractivity (Wildman–Crippen MR) is 101 cm³/mol. The quantitative estimate of drug-likeness (QED) is 0.509. The van der Waals surface area contributed by atoms with Crippen molar-refractivity contribution in [1.29, 1.82) is 0 Å². The summed E-state index contributed by atoms with van der Waals surface area (Å²) in [5.41, 5.74) is 4.42. The molecule has 23 heavy (non-hydrogen) atoms. The summed E-state index contributed by atoms with van der Waals surface area (Å²) in [6.07, 6.45) is 3.34. The third kappa shape index (κ3) is 7.78. The van der Waals surface area contributed by atoms with Crippen LogP contribution in [0.4, 0.5) is 0 Å². The fourth-order valence-electron chi connectivity index (χ4n) is 1.84. The normalized spacial score (nSPS) is 11.1. The van der Waals surface area contributed by atoms with Gasteiger partial charge in [0.05, 0.1) is 0 Å². The van der Waals surface area contributed by atoms with Crippen LogP contribution in [-0.2, 0) is 4.89 Å². The summed E-state index contributed by atoms with van der Waals surface area (Å²) in [6.45, 7) is 12.1. The smallest absolute Gasteiger partial charge is 0.136 e. The SMILES string of the molecule is CC.CC.Cc1ccc(C=CC(OO)c2ccc(C)cc2)cc1. The van der Waals surface area contributed by atoms with E-state index in [0.717, 1.165) is 11.1 Å². The molecule has 0 aliphatic rings. The summed E-state index contributed by atoms with van der Waals surface area (Å²) < 4.78 is 0. The van der Waals surface area contributed by atoms with Crippen LogP contribution >= 0.6 is 0 Å². The van der Waals surface area contributed by atoms with Crippen molar-refractivity contribution in [2.75, 3.05) is 0 Å². The maximum absolute atomic E-state index is 9.02. The van der Waals surface area contributed by atoms with Gasteiger partial charge in [-0.3, -0.25) is 5.26 Å². The summed E-state index contributed by atoms with van der Waals surface area (Å²) in [5, 5.41) is 9.02. The molecule has 0 aromatic heterocycles. The Labute approximate surface area is 141 Å². The molecule has 0 saturated heterocycles. The molecule has 1 atom stereocenters. The summed E-state index contributed by atoms with van der Waals surface area (Å²) >= 11 is 0. The van der Waals surface area contributed by atoms with E-state index in [1.165, 1.54) is 11.1 Å². The van der Waals surface area contributed by atoms with Gasteiger partial charge >= 0.3 is 0 Å². The number of benzene rings is 2. The highest BCUT2D eigenvalue weighted by Crippen LogP contribution is 2.20. The van der Waals surface area contributed by atoms with E-state index in [-0.39, 0.29) is 0 Å². The molecule has 0 aliphatic heterocycles. The third-order valence-electron chi connectivity index (χ3n) is 3.06. The van der Waals surface area contributed by atoms with E-state index in [4.69, 9.17) is 5.26 Å². The molecule has 0 bridgehead atoms. The molecule has 2 aromatic rings. The molecule has 0 heterocycles. The standard InChI is InChI=1S/C17H18O2.2C2H6/c1-13-3-7-15(8-4-13)9-12-17(19-18)16-10-5-14(2)6-11-16;2*1-2/h3-12,17-18H,1-2H3;2*1-2H3. The average Bonchev–Trinajstić information content (AvgIpc) is 2.62. The monoisotopic (exact) mass is 314 g/mol. The van der Waals surface area contributed by atoms with Crippen molar-refractivity contribution in [2.24, 2.45) is 0 Å². The highest BCUT2D eigenvalue weighted by molar-refractivity contribution is 5.50. The summed E-state index contributed by atoms with van der Waals surface area (Å²) in [6, 6.07) is 16.1. The molecule has 2 rings (SSSR count). The molecule has 1 N–H and O–H groups in total. The van der Waals surface area contributed by atoms with Crippen molar-refractivity contribution in [3.05, 3.63) is 76.9 Å². The number of hydrogen-bond donors (Lipinski definition) is 1. The topological polar surface area (TPSA) is 29.5 Å². The van der Waals surface area contributed by atoms with E-state index >= 15 is 0 Å². The van der Waals surface area contributed by atoms with Crippen LogP contribution in [0, 0.1) is 13.8 Å². The first-order chi connectivity index (χ1) is 11.2. The van der Waals surface area contributed by atoms with Crippen LogP contribution < -0.4 is 0 Å². The van der Waals surface area contributed by atoms with Crippen molar-refractivity contribution < 1.29 is 10.1 Å². The van der Waals surface area contributed by atoms with E-state index in [1.807, 2.05) is 83.2 Å². The summed E-state index contributed by atoms with van der Waals surface area (Å²) in [5.74, 6) is 0. The van der Waals surface area contributed by atoms with Gasteiger partial charge in [0.2, 0.25) is 0 Å². The van der Waals surface area contributed by atoms with Gasteiger partial charge in [-0.05, 0) is 31.1 Å². The van der Waals surface area contributed by atoms with Gasteiger partial charge in [-0.1, -0.05) is 93.4 Å². The molecule has 0 fully saturated rings. The van der Waals surface area contributed by atoms with Crippen LogP contribution in [0.2, 0.25) is 0 Å². The van der Waals surface area contributed by atoms with Crippen LogP contribution in [0.15, 0.2) is 54.6 Å². The Morgan fingerprint density at radius 1 is 0.783 bits per heavy atom. The van der Waals surface area contributed by atoms with Crippen LogP contribution in [0.3, 0.4) is 0 Å². The third-order valence-corrected chi connectivity index (χ3v) is 3.06. The molecular formula is C21H30O2. The Bertz CT molecular complexity index is 539. The molecule has 126 valence electrons. The van der Waals surface area contributed by atoms with Gasteiger partial charge in [-0.25, -0.2) is 4.89 Å². The molecule has 2 nitrogen and oxygen atoms in total. The zero-order chi connectivity index (χ0) is 17.7. The lowest BCUT2D eigenvalue weighted by atomic mass is 10.1. The first-order valence-corrected chi connectivity index (χ1v) is 8.31. The second kappa shape index (κ2) is 12.6. The molecule has 0 radical (unpaired) electrons. The molecule has 0 spiro atoms. The van der Waals surface area contributed by atoms with Crippen LogP contribution in [-0.4, -0.2) is 5.26 Å². The first-order valence-electron chi connectivity index (χ1n) is 8.31. The number of hydrogen-bond acceptors (Lipinski definition) is 2. The highest BCUT2D eigenvalue weighted by Gasteiger charge is 2.07. The second-order valence-electron chi connectivity index (χ2n) is 4.71. The maximum atomic E-state index is 9.02. The minimum Gasteiger partial charge on any atom is -0.251 e. The zero-order valence-electron chi connectivity index (χ0n) is 15.2. The largest absolute Gasteiger partial charge is 0.251 e. The van der Waals surface area contributed by atoms with Crippen molar-refractivity contribution in [1.82, 2.24) is 0 Å². The van der Waals surface area contributed by atoms with Crippen LogP contribution in [0.5, 0.6) is 0 Å². The van der Waals surface area contributed by atoms with Gasteiger partial charge < -0.3 is 0 Å². The van der Waals surface area contributed by atoms with E-state index < -0.39 is 6.10 Å². The van der Waals surface area contributed by atoms with Crippen LogP contribution in [0.25, 0.3) is 6.08 Å². The molecule has 0 amide bonds. The van der Waals surface area contributed by atoms with Crippen molar-refractivity contribution in [2.45, 2.75) is 47.6 Å². The minimum atomic E-state index is -0.443. The van der Waals surface area contributed by atoms with Gasteiger partial charge in [0.15, 0.2) is 0 Å². The number of aryl methyl sites for hydroxylation is 2. The minimum absolute atomic E-state index is 0.443. The van der Waals surface area contributed by atoms with E-state index in [0.29, 0.717) is 0 Å². The average molecular weight is 314 g/mol. The Balaban J connectivity index is 0.00000112. The Hall–Kier alpha value is -1.90. The van der Waals surface area contributed by atoms with Gasteiger partial charge in [-0.15, -0.1) is 0 Å². The predicted octanol–water partition coefficient (Wildman–Crippen LogP) is 6.60. The Morgan fingerprint density at radius 2 is 1.22 bits per heavy atom. The van der Waals surface area contributed by atoms with Crippen molar-refractivity contribution >= 4 is 6.08 Å². The second-order valence-corrected chi connectivity index (χ2v) is 4.71. The Kier molecular flexibility index (Phi) is 11.6. The van der Waals surface area contributed by atoms with E-state index in [9.17, 15) is 0 Å². The molecule has 0 saturated carbocycles.